The topological polar surface area (TPSA) is 35.6 Å². The van der Waals surface area contributed by atoms with E-state index in [0.717, 1.165) is 30.9 Å². The second-order valence-corrected chi connectivity index (χ2v) is 4.37. The highest BCUT2D eigenvalue weighted by molar-refractivity contribution is 5.27. The summed E-state index contributed by atoms with van der Waals surface area (Å²) >= 11 is 0. The second-order valence-electron chi connectivity index (χ2n) is 4.37. The van der Waals surface area contributed by atoms with Crippen molar-refractivity contribution < 1.29 is 0 Å². The first-order chi connectivity index (χ1) is 8.13. The van der Waals surface area contributed by atoms with E-state index >= 15 is 0 Å². The molecule has 2 aromatic heterocycles. The number of hydrogen-bond donors (Lipinski definition) is 0. The van der Waals surface area contributed by atoms with E-state index in [9.17, 15) is 0 Å². The Hall–Kier alpha value is -1.58. The smallest absolute Gasteiger partial charge is 0.0629 e. The molecule has 0 radical (unpaired) electrons. The average molecular weight is 232 g/mol. The quantitative estimate of drug-likeness (QED) is 0.811. The molecule has 0 aromatic carbocycles. The summed E-state index contributed by atoms with van der Waals surface area (Å²) in [7, 11) is 0. The van der Waals surface area contributed by atoms with Crippen LogP contribution in [-0.4, -0.2) is 19.6 Å². The molecule has 0 aliphatic rings. The second kappa shape index (κ2) is 4.73. The average Bonchev–Trinajstić information content (AvgIpc) is 2.84. The van der Waals surface area contributed by atoms with Gasteiger partial charge in [0.15, 0.2) is 0 Å². The maximum atomic E-state index is 4.47. The number of nitrogens with zero attached hydrogens (tertiary/aromatic N) is 4. The lowest BCUT2D eigenvalue weighted by molar-refractivity contribution is 0.653. The maximum Gasteiger partial charge on any atom is 0.0629 e. The highest BCUT2D eigenvalue weighted by Crippen LogP contribution is 2.15. The van der Waals surface area contributed by atoms with Crippen LogP contribution in [0, 0.1) is 13.8 Å². The van der Waals surface area contributed by atoms with Gasteiger partial charge in [-0.15, -0.1) is 0 Å². The molecule has 0 unspecified atom stereocenters. The van der Waals surface area contributed by atoms with E-state index in [0.29, 0.717) is 0 Å². The van der Waals surface area contributed by atoms with Crippen molar-refractivity contribution in [3.05, 3.63) is 34.9 Å². The third-order valence-electron chi connectivity index (χ3n) is 3.12. The summed E-state index contributed by atoms with van der Waals surface area (Å²) in [6.07, 6.45) is 5.20. The van der Waals surface area contributed by atoms with Crippen LogP contribution in [0.2, 0.25) is 0 Å². The highest BCUT2D eigenvalue weighted by atomic mass is 15.3. The van der Waals surface area contributed by atoms with Gasteiger partial charge in [-0.3, -0.25) is 9.36 Å². The molecule has 17 heavy (non-hydrogen) atoms. The normalized spacial score (nSPS) is 11.1. The van der Waals surface area contributed by atoms with Crippen LogP contribution in [-0.2, 0) is 19.5 Å². The van der Waals surface area contributed by atoms with Gasteiger partial charge in [0.05, 0.1) is 11.4 Å². The third-order valence-corrected chi connectivity index (χ3v) is 3.12. The lowest BCUT2D eigenvalue weighted by Gasteiger charge is -1.96. The predicted molar refractivity (Wildman–Crippen MR) is 68.1 cm³/mol. The number of aromatic nitrogens is 4. The fourth-order valence-electron chi connectivity index (χ4n) is 1.99. The van der Waals surface area contributed by atoms with Gasteiger partial charge in [-0.05, 0) is 38.8 Å². The van der Waals surface area contributed by atoms with Gasteiger partial charge in [0, 0.05) is 31.9 Å². The molecule has 0 N–H and O–H groups in total. The van der Waals surface area contributed by atoms with Gasteiger partial charge in [-0.1, -0.05) is 0 Å². The van der Waals surface area contributed by atoms with E-state index in [4.69, 9.17) is 0 Å². The minimum absolute atomic E-state index is 0.925. The van der Waals surface area contributed by atoms with E-state index in [1.165, 1.54) is 11.1 Å². The van der Waals surface area contributed by atoms with E-state index in [1.807, 2.05) is 9.36 Å². The van der Waals surface area contributed by atoms with Crippen molar-refractivity contribution in [2.45, 2.75) is 47.2 Å². The number of aryl methyl sites for hydroxylation is 4. The van der Waals surface area contributed by atoms with Gasteiger partial charge in [0.2, 0.25) is 0 Å². The van der Waals surface area contributed by atoms with Crippen LogP contribution >= 0.6 is 0 Å². The molecule has 0 bridgehead atoms. The molecular weight excluding hydrogens is 212 g/mol. The maximum absolute atomic E-state index is 4.47. The van der Waals surface area contributed by atoms with E-state index in [-0.39, 0.29) is 0 Å². The van der Waals surface area contributed by atoms with Crippen molar-refractivity contribution in [1.82, 2.24) is 19.6 Å². The SMILES string of the molecule is CCn1cc(Cc2cn(CC)nc2C)c(C)n1. The molecule has 0 saturated carbocycles. The molecule has 0 aliphatic carbocycles. The molecule has 4 nitrogen and oxygen atoms in total. The van der Waals surface area contributed by atoms with Crippen molar-refractivity contribution in [2.24, 2.45) is 0 Å². The zero-order chi connectivity index (χ0) is 12.4. The van der Waals surface area contributed by atoms with Crippen LogP contribution in [0.3, 0.4) is 0 Å². The molecule has 0 saturated heterocycles. The van der Waals surface area contributed by atoms with Crippen LogP contribution in [0.1, 0.15) is 36.4 Å². The van der Waals surface area contributed by atoms with Crippen LogP contribution in [0.5, 0.6) is 0 Å². The van der Waals surface area contributed by atoms with Crippen molar-refractivity contribution >= 4 is 0 Å². The first-order valence-corrected chi connectivity index (χ1v) is 6.19. The zero-order valence-corrected chi connectivity index (χ0v) is 11.1. The van der Waals surface area contributed by atoms with Gasteiger partial charge < -0.3 is 0 Å². The number of hydrogen-bond acceptors (Lipinski definition) is 2. The molecule has 0 atom stereocenters. The molecule has 0 spiro atoms. The fourth-order valence-corrected chi connectivity index (χ4v) is 1.99. The van der Waals surface area contributed by atoms with Crippen molar-refractivity contribution in [3.63, 3.8) is 0 Å². The van der Waals surface area contributed by atoms with Crippen LogP contribution in [0.15, 0.2) is 12.4 Å². The predicted octanol–water partition coefficient (Wildman–Crippen LogP) is 2.33. The molecule has 2 heterocycles. The Kier molecular flexibility index (Phi) is 3.31. The van der Waals surface area contributed by atoms with E-state index in [2.05, 4.69) is 50.3 Å². The van der Waals surface area contributed by atoms with Crippen LogP contribution < -0.4 is 0 Å². The summed E-state index contributed by atoms with van der Waals surface area (Å²) in [5.41, 5.74) is 4.84. The van der Waals surface area contributed by atoms with Crippen molar-refractivity contribution in [1.29, 1.82) is 0 Å². The van der Waals surface area contributed by atoms with Gasteiger partial charge in [-0.25, -0.2) is 0 Å². The summed E-state index contributed by atoms with van der Waals surface area (Å²) in [6, 6.07) is 0. The summed E-state index contributed by atoms with van der Waals surface area (Å²) in [5, 5.41) is 8.94. The minimum atomic E-state index is 0.925. The molecule has 0 aliphatic heterocycles. The Bertz CT molecular complexity index is 461. The summed E-state index contributed by atoms with van der Waals surface area (Å²) in [4.78, 5) is 0. The highest BCUT2D eigenvalue weighted by Gasteiger charge is 2.09. The lowest BCUT2D eigenvalue weighted by atomic mass is 10.1. The number of rotatable bonds is 4. The van der Waals surface area contributed by atoms with E-state index in [1.54, 1.807) is 0 Å². The molecular formula is C13H20N4. The third kappa shape index (κ3) is 2.40. The Morgan fingerprint density at radius 3 is 1.59 bits per heavy atom. The Balaban J connectivity index is 2.24. The molecule has 2 aromatic rings. The van der Waals surface area contributed by atoms with E-state index < -0.39 is 0 Å². The monoisotopic (exact) mass is 232 g/mol. The first-order valence-electron chi connectivity index (χ1n) is 6.19. The van der Waals surface area contributed by atoms with Gasteiger partial charge in [0.1, 0.15) is 0 Å². The Morgan fingerprint density at radius 1 is 0.882 bits per heavy atom. The van der Waals surface area contributed by atoms with Gasteiger partial charge >= 0.3 is 0 Å². The van der Waals surface area contributed by atoms with Gasteiger partial charge in [-0.2, -0.15) is 10.2 Å². The summed E-state index contributed by atoms with van der Waals surface area (Å²) in [6.45, 7) is 10.2. The fraction of sp³-hybridized carbons (Fsp3) is 0.538. The minimum Gasteiger partial charge on any atom is -0.272 e. The first kappa shape index (κ1) is 11.9. The lowest BCUT2D eigenvalue weighted by Crippen LogP contribution is -1.93. The largest absolute Gasteiger partial charge is 0.272 e. The van der Waals surface area contributed by atoms with Crippen LogP contribution in [0.25, 0.3) is 0 Å². The molecule has 0 fully saturated rings. The molecule has 2 rings (SSSR count). The Morgan fingerprint density at radius 2 is 1.29 bits per heavy atom. The van der Waals surface area contributed by atoms with Crippen LogP contribution in [0.4, 0.5) is 0 Å². The zero-order valence-electron chi connectivity index (χ0n) is 11.1. The Labute approximate surface area is 102 Å². The summed E-state index contributed by atoms with van der Waals surface area (Å²) in [5.74, 6) is 0. The molecule has 0 amide bonds. The van der Waals surface area contributed by atoms with Crippen molar-refractivity contribution in [2.75, 3.05) is 0 Å². The summed E-state index contributed by atoms with van der Waals surface area (Å²) < 4.78 is 3.98. The molecule has 92 valence electrons. The molecule has 4 heteroatoms. The van der Waals surface area contributed by atoms with Gasteiger partial charge in [0.25, 0.3) is 0 Å². The van der Waals surface area contributed by atoms with Crippen molar-refractivity contribution in [3.8, 4) is 0 Å². The standard InChI is InChI=1S/C13H20N4/c1-5-16-8-12(10(3)14-16)7-13-9-17(6-2)15-11(13)4/h8-9H,5-7H2,1-4H3.